The highest BCUT2D eigenvalue weighted by Crippen LogP contribution is 2.46. The highest BCUT2D eigenvalue weighted by Gasteiger charge is 2.21. The summed E-state index contributed by atoms with van der Waals surface area (Å²) in [5.74, 6) is 0. The van der Waals surface area contributed by atoms with E-state index in [9.17, 15) is 0 Å². The van der Waals surface area contributed by atoms with Gasteiger partial charge in [-0.2, -0.15) is 0 Å². The fourth-order valence-electron chi connectivity index (χ4n) is 8.27. The molecule has 0 fully saturated rings. The molecule has 0 N–H and O–H groups in total. The van der Waals surface area contributed by atoms with Crippen LogP contribution in [0.2, 0.25) is 0 Å². The molecule has 0 aromatic heterocycles. The zero-order valence-electron chi connectivity index (χ0n) is 30.3. The van der Waals surface area contributed by atoms with Gasteiger partial charge in [0.1, 0.15) is 0 Å². The topological polar surface area (TPSA) is 3.24 Å². The van der Waals surface area contributed by atoms with Crippen LogP contribution < -0.4 is 4.90 Å². The van der Waals surface area contributed by atoms with Crippen LogP contribution in [-0.4, -0.2) is 0 Å². The molecule has 0 radical (unpaired) electrons. The summed E-state index contributed by atoms with van der Waals surface area (Å²) in [7, 11) is 0. The minimum Gasteiger partial charge on any atom is -0.309 e. The van der Waals surface area contributed by atoms with Crippen molar-refractivity contribution >= 4 is 49.4 Å². The van der Waals surface area contributed by atoms with Crippen molar-refractivity contribution in [1.82, 2.24) is 0 Å². The number of fused-ring (bicyclic) bond motifs is 4. The van der Waals surface area contributed by atoms with Gasteiger partial charge in [0.2, 0.25) is 0 Å². The van der Waals surface area contributed by atoms with Crippen molar-refractivity contribution in [2.45, 2.75) is 0 Å². The average Bonchev–Trinajstić information content (AvgIpc) is 3.27. The van der Waals surface area contributed by atoms with Gasteiger partial charge in [-0.15, -0.1) is 0 Å². The molecule has 55 heavy (non-hydrogen) atoms. The summed E-state index contributed by atoms with van der Waals surface area (Å²) >= 11 is 0. The fourth-order valence-corrected chi connectivity index (χ4v) is 8.27. The van der Waals surface area contributed by atoms with E-state index in [1.54, 1.807) is 0 Å². The molecule has 1 heteroatoms. The van der Waals surface area contributed by atoms with Crippen molar-refractivity contribution in [3.8, 4) is 44.5 Å². The quantitative estimate of drug-likeness (QED) is 0.150. The Labute approximate surface area is 322 Å². The molecular weight excluding hydrogens is 663 g/mol. The molecule has 1 nitrogen and oxygen atoms in total. The third-order valence-corrected chi connectivity index (χ3v) is 10.9. The molecule has 0 atom stereocenters. The Hall–Kier alpha value is -7.22. The summed E-state index contributed by atoms with van der Waals surface area (Å²) in [4.78, 5) is 2.44. The molecule has 10 rings (SSSR count). The van der Waals surface area contributed by atoms with Gasteiger partial charge in [0.25, 0.3) is 0 Å². The Morgan fingerprint density at radius 3 is 1.45 bits per heavy atom. The van der Waals surface area contributed by atoms with Crippen LogP contribution in [0.5, 0.6) is 0 Å². The van der Waals surface area contributed by atoms with Crippen LogP contribution in [0.4, 0.5) is 17.1 Å². The number of nitrogens with zero attached hydrogens (tertiary/aromatic N) is 1. The third-order valence-electron chi connectivity index (χ3n) is 10.9. The summed E-state index contributed by atoms with van der Waals surface area (Å²) in [5.41, 5.74) is 12.9. The lowest BCUT2D eigenvalue weighted by atomic mass is 9.93. The molecule has 0 bridgehead atoms. The molecule has 10 aromatic rings. The van der Waals surface area contributed by atoms with Gasteiger partial charge in [-0.1, -0.05) is 188 Å². The summed E-state index contributed by atoms with van der Waals surface area (Å²) in [6.45, 7) is 0. The Morgan fingerprint density at radius 2 is 0.709 bits per heavy atom. The SMILES string of the molecule is c1ccc(-c2ccccc2N(c2ccc(-c3cc4ccccc4c4ccccc34)cc2)c2ccccc2-c2cccc(-c3cccc4ccccc34)c2)cc1. The van der Waals surface area contributed by atoms with Crippen LogP contribution in [0.3, 0.4) is 0 Å². The van der Waals surface area contributed by atoms with Gasteiger partial charge in [0, 0.05) is 16.8 Å². The normalized spacial score (nSPS) is 11.3. The average molecular weight is 700 g/mol. The number of hydrogen-bond donors (Lipinski definition) is 0. The summed E-state index contributed by atoms with van der Waals surface area (Å²) in [5, 5.41) is 7.57. The van der Waals surface area contributed by atoms with E-state index in [0.717, 1.165) is 22.6 Å². The smallest absolute Gasteiger partial charge is 0.0540 e. The Balaban J connectivity index is 1.15. The number of rotatable bonds is 7. The highest BCUT2D eigenvalue weighted by molar-refractivity contribution is 6.14. The van der Waals surface area contributed by atoms with E-state index in [4.69, 9.17) is 0 Å². The molecule has 0 amide bonds. The highest BCUT2D eigenvalue weighted by atomic mass is 15.1. The van der Waals surface area contributed by atoms with Crippen LogP contribution >= 0.6 is 0 Å². The first kappa shape index (κ1) is 32.4. The van der Waals surface area contributed by atoms with Crippen LogP contribution in [0, 0.1) is 0 Å². The third kappa shape index (κ3) is 5.93. The van der Waals surface area contributed by atoms with Crippen molar-refractivity contribution in [3.05, 3.63) is 224 Å². The predicted octanol–water partition coefficient (Wildman–Crippen LogP) is 15.3. The summed E-state index contributed by atoms with van der Waals surface area (Å²) in [6, 6.07) is 81.4. The lowest BCUT2D eigenvalue weighted by molar-refractivity contribution is 1.28. The van der Waals surface area contributed by atoms with Gasteiger partial charge < -0.3 is 4.90 Å². The minimum absolute atomic E-state index is 1.09. The zero-order chi connectivity index (χ0) is 36.6. The predicted molar refractivity (Wildman–Crippen MR) is 235 cm³/mol. The maximum atomic E-state index is 2.44. The van der Waals surface area contributed by atoms with Gasteiger partial charge in [-0.05, 0) is 102 Å². The molecule has 0 saturated heterocycles. The van der Waals surface area contributed by atoms with Crippen LogP contribution in [0.25, 0.3) is 76.8 Å². The molecule has 0 heterocycles. The number of anilines is 3. The van der Waals surface area contributed by atoms with E-state index in [2.05, 4.69) is 229 Å². The minimum atomic E-state index is 1.09. The number of hydrogen-bond acceptors (Lipinski definition) is 1. The van der Waals surface area contributed by atoms with E-state index >= 15 is 0 Å². The van der Waals surface area contributed by atoms with Gasteiger partial charge >= 0.3 is 0 Å². The van der Waals surface area contributed by atoms with Crippen LogP contribution in [0.15, 0.2) is 224 Å². The number of para-hydroxylation sites is 2. The van der Waals surface area contributed by atoms with Crippen molar-refractivity contribution in [3.63, 3.8) is 0 Å². The second-order valence-electron chi connectivity index (χ2n) is 14.1. The standard InChI is InChI=1S/C54H37N/c1-2-16-39(17-3-1)48-25-10-12-30-53(48)55(44-34-32-40(33-35-44)52-37-43-19-5-7-24-47(43)50-27-8-9-28-51(50)52)54-31-13-11-26-49(54)42-22-14-21-41(36-42)46-29-15-20-38-18-4-6-23-45(38)46/h1-37H. The van der Waals surface area contributed by atoms with Gasteiger partial charge in [0.15, 0.2) is 0 Å². The van der Waals surface area contributed by atoms with E-state index in [1.807, 2.05) is 0 Å². The van der Waals surface area contributed by atoms with Crippen molar-refractivity contribution in [1.29, 1.82) is 0 Å². The largest absolute Gasteiger partial charge is 0.309 e. The lowest BCUT2D eigenvalue weighted by Crippen LogP contribution is -2.12. The van der Waals surface area contributed by atoms with E-state index in [-0.39, 0.29) is 0 Å². The maximum Gasteiger partial charge on any atom is 0.0540 e. The first-order chi connectivity index (χ1) is 27.3. The molecule has 0 aliphatic carbocycles. The molecule has 0 unspecified atom stereocenters. The Bertz CT molecular complexity index is 2970. The van der Waals surface area contributed by atoms with Crippen molar-refractivity contribution in [2.75, 3.05) is 4.90 Å². The van der Waals surface area contributed by atoms with Crippen LogP contribution in [0.1, 0.15) is 0 Å². The molecule has 0 saturated carbocycles. The van der Waals surface area contributed by atoms with Crippen LogP contribution in [-0.2, 0) is 0 Å². The van der Waals surface area contributed by atoms with Gasteiger partial charge in [-0.25, -0.2) is 0 Å². The monoisotopic (exact) mass is 699 g/mol. The first-order valence-corrected chi connectivity index (χ1v) is 18.9. The fraction of sp³-hybridized carbons (Fsp3) is 0. The number of benzene rings is 10. The second kappa shape index (κ2) is 14.0. The van der Waals surface area contributed by atoms with Gasteiger partial charge in [0.05, 0.1) is 11.4 Å². The van der Waals surface area contributed by atoms with Gasteiger partial charge in [-0.3, -0.25) is 0 Å². The Kier molecular flexibility index (Phi) is 8.24. The molecule has 0 aliphatic rings. The second-order valence-corrected chi connectivity index (χ2v) is 14.1. The summed E-state index contributed by atoms with van der Waals surface area (Å²) < 4.78 is 0. The van der Waals surface area contributed by atoms with Crippen molar-refractivity contribution in [2.24, 2.45) is 0 Å². The first-order valence-electron chi connectivity index (χ1n) is 18.9. The van der Waals surface area contributed by atoms with E-state index in [1.165, 1.54) is 71.3 Å². The molecular formula is C54H37N. The molecule has 10 aromatic carbocycles. The molecule has 0 aliphatic heterocycles. The Morgan fingerprint density at radius 1 is 0.236 bits per heavy atom. The summed E-state index contributed by atoms with van der Waals surface area (Å²) in [6.07, 6.45) is 0. The van der Waals surface area contributed by atoms with E-state index in [0.29, 0.717) is 0 Å². The van der Waals surface area contributed by atoms with Crippen molar-refractivity contribution < 1.29 is 0 Å². The zero-order valence-corrected chi connectivity index (χ0v) is 30.3. The van der Waals surface area contributed by atoms with E-state index < -0.39 is 0 Å². The lowest BCUT2D eigenvalue weighted by Gasteiger charge is -2.30. The molecule has 0 spiro atoms. The maximum absolute atomic E-state index is 2.44. The molecule has 258 valence electrons.